The number of piperidine rings is 1. The molecule has 26 heavy (non-hydrogen) atoms. The number of carbonyl (C=O) groups is 2. The van der Waals surface area contributed by atoms with E-state index in [9.17, 15) is 9.59 Å². The number of amides is 2. The summed E-state index contributed by atoms with van der Waals surface area (Å²) in [6.07, 6.45) is 1.24. The van der Waals surface area contributed by atoms with Crippen LogP contribution in [0.2, 0.25) is 0 Å². The Labute approximate surface area is 152 Å². The standard InChI is InChI=1S/C21H23N3O2/c1-14-10-12-22-21(26)20(14)23-19(25)11-13-24-17-8-4-2-6-15(17)16-7-3-5-9-18(16)24/h2-9,14,20H,10-13H2,1H3,(H,22,26)(H,23,25). The topological polar surface area (TPSA) is 63.1 Å². The van der Waals surface area contributed by atoms with Crippen molar-refractivity contribution in [1.82, 2.24) is 15.2 Å². The molecule has 2 atom stereocenters. The van der Waals surface area contributed by atoms with E-state index in [1.54, 1.807) is 0 Å². The Morgan fingerprint density at radius 3 is 2.35 bits per heavy atom. The van der Waals surface area contributed by atoms with Crippen molar-refractivity contribution in [3.8, 4) is 0 Å². The van der Waals surface area contributed by atoms with Crippen LogP contribution in [0.5, 0.6) is 0 Å². The van der Waals surface area contributed by atoms with E-state index in [0.29, 0.717) is 19.5 Å². The summed E-state index contributed by atoms with van der Waals surface area (Å²) in [6, 6.07) is 16.1. The third kappa shape index (κ3) is 2.94. The number of hydrogen-bond donors (Lipinski definition) is 2. The molecule has 0 spiro atoms. The molecule has 2 aromatic carbocycles. The van der Waals surface area contributed by atoms with Crippen LogP contribution in [0.1, 0.15) is 19.8 Å². The smallest absolute Gasteiger partial charge is 0.242 e. The maximum atomic E-state index is 12.5. The first-order valence-electron chi connectivity index (χ1n) is 9.18. The third-order valence-corrected chi connectivity index (χ3v) is 5.31. The van der Waals surface area contributed by atoms with Crippen LogP contribution in [-0.4, -0.2) is 29.0 Å². The summed E-state index contributed by atoms with van der Waals surface area (Å²) >= 11 is 0. The fourth-order valence-electron chi connectivity index (χ4n) is 3.87. The lowest BCUT2D eigenvalue weighted by Crippen LogP contribution is -2.54. The molecule has 0 radical (unpaired) electrons. The summed E-state index contributed by atoms with van der Waals surface area (Å²) in [6.45, 7) is 3.28. The van der Waals surface area contributed by atoms with Crippen molar-refractivity contribution >= 4 is 33.6 Å². The highest BCUT2D eigenvalue weighted by Gasteiger charge is 2.29. The quantitative estimate of drug-likeness (QED) is 0.761. The van der Waals surface area contributed by atoms with Crippen molar-refractivity contribution in [1.29, 1.82) is 0 Å². The molecule has 3 aromatic rings. The van der Waals surface area contributed by atoms with Gasteiger partial charge in [-0.25, -0.2) is 0 Å². The zero-order valence-electron chi connectivity index (χ0n) is 14.9. The Hall–Kier alpha value is -2.82. The van der Waals surface area contributed by atoms with Crippen molar-refractivity contribution in [2.75, 3.05) is 6.54 Å². The Balaban J connectivity index is 1.54. The second-order valence-corrected chi connectivity index (χ2v) is 7.04. The van der Waals surface area contributed by atoms with E-state index in [4.69, 9.17) is 0 Å². The van der Waals surface area contributed by atoms with E-state index in [2.05, 4.69) is 39.5 Å². The van der Waals surface area contributed by atoms with Crippen LogP contribution in [0.4, 0.5) is 0 Å². The molecule has 0 bridgehead atoms. The number of nitrogens with one attached hydrogen (secondary N) is 2. The van der Waals surface area contributed by atoms with E-state index in [-0.39, 0.29) is 17.7 Å². The number of rotatable bonds is 4. The van der Waals surface area contributed by atoms with E-state index in [1.165, 1.54) is 10.8 Å². The van der Waals surface area contributed by atoms with Crippen LogP contribution in [0.3, 0.4) is 0 Å². The van der Waals surface area contributed by atoms with Gasteiger partial charge < -0.3 is 15.2 Å². The zero-order chi connectivity index (χ0) is 18.1. The number of hydrogen-bond acceptors (Lipinski definition) is 2. The fraction of sp³-hybridized carbons (Fsp3) is 0.333. The first-order chi connectivity index (χ1) is 12.6. The molecular formula is C21H23N3O2. The molecule has 134 valence electrons. The van der Waals surface area contributed by atoms with Gasteiger partial charge in [0, 0.05) is 41.3 Å². The van der Waals surface area contributed by atoms with E-state index in [1.807, 2.05) is 31.2 Å². The van der Waals surface area contributed by atoms with Gasteiger partial charge in [0.15, 0.2) is 0 Å². The van der Waals surface area contributed by atoms with Crippen molar-refractivity contribution in [3.05, 3.63) is 48.5 Å². The number of aryl methyl sites for hydroxylation is 1. The lowest BCUT2D eigenvalue weighted by atomic mass is 9.94. The van der Waals surface area contributed by atoms with E-state index < -0.39 is 6.04 Å². The average Bonchev–Trinajstić information content (AvgIpc) is 2.97. The predicted octanol–water partition coefficient (Wildman–Crippen LogP) is 2.83. The van der Waals surface area contributed by atoms with E-state index in [0.717, 1.165) is 17.5 Å². The molecule has 0 aliphatic carbocycles. The number of benzene rings is 2. The Morgan fingerprint density at radius 2 is 1.73 bits per heavy atom. The zero-order valence-corrected chi connectivity index (χ0v) is 14.9. The lowest BCUT2D eigenvalue weighted by Gasteiger charge is -2.29. The molecule has 1 aliphatic heterocycles. The largest absolute Gasteiger partial charge is 0.354 e. The van der Waals surface area contributed by atoms with Crippen molar-refractivity contribution in [2.45, 2.75) is 32.4 Å². The minimum atomic E-state index is -0.422. The normalized spacial score (nSPS) is 20.3. The van der Waals surface area contributed by atoms with Gasteiger partial charge in [0.05, 0.1) is 0 Å². The van der Waals surface area contributed by atoms with Crippen LogP contribution in [0.25, 0.3) is 21.8 Å². The second-order valence-electron chi connectivity index (χ2n) is 7.04. The van der Waals surface area contributed by atoms with Gasteiger partial charge in [-0.3, -0.25) is 9.59 Å². The minimum absolute atomic E-state index is 0.0750. The molecule has 1 fully saturated rings. The van der Waals surface area contributed by atoms with Gasteiger partial charge in [-0.15, -0.1) is 0 Å². The summed E-state index contributed by atoms with van der Waals surface area (Å²) in [5.74, 6) is 0.00987. The van der Waals surface area contributed by atoms with E-state index >= 15 is 0 Å². The molecular weight excluding hydrogens is 326 g/mol. The summed E-state index contributed by atoms with van der Waals surface area (Å²) < 4.78 is 2.19. The molecule has 2 amide bonds. The molecule has 5 heteroatoms. The highest BCUT2D eigenvalue weighted by atomic mass is 16.2. The number of carbonyl (C=O) groups excluding carboxylic acids is 2. The van der Waals surface area contributed by atoms with Crippen molar-refractivity contribution < 1.29 is 9.59 Å². The molecule has 1 saturated heterocycles. The predicted molar refractivity (Wildman–Crippen MR) is 103 cm³/mol. The molecule has 5 nitrogen and oxygen atoms in total. The molecule has 0 saturated carbocycles. The van der Waals surface area contributed by atoms with Gasteiger partial charge in [0.25, 0.3) is 0 Å². The van der Waals surface area contributed by atoms with Crippen molar-refractivity contribution in [3.63, 3.8) is 0 Å². The molecule has 2 N–H and O–H groups in total. The van der Waals surface area contributed by atoms with Crippen molar-refractivity contribution in [2.24, 2.45) is 5.92 Å². The van der Waals surface area contributed by atoms with Gasteiger partial charge in [-0.05, 0) is 24.5 Å². The number of nitrogens with zero attached hydrogens (tertiary/aromatic N) is 1. The van der Waals surface area contributed by atoms with Gasteiger partial charge in [0.1, 0.15) is 6.04 Å². The van der Waals surface area contributed by atoms with Crippen LogP contribution >= 0.6 is 0 Å². The van der Waals surface area contributed by atoms with Gasteiger partial charge in [-0.2, -0.15) is 0 Å². The summed E-state index contributed by atoms with van der Waals surface area (Å²) in [5, 5.41) is 8.14. The summed E-state index contributed by atoms with van der Waals surface area (Å²) in [4.78, 5) is 24.5. The Bertz CT molecular complexity index is 922. The SMILES string of the molecule is CC1CCNC(=O)C1NC(=O)CCn1c2ccccc2c2ccccc21. The van der Waals surface area contributed by atoms with Gasteiger partial charge in [-0.1, -0.05) is 43.3 Å². The van der Waals surface area contributed by atoms with Crippen LogP contribution in [0.15, 0.2) is 48.5 Å². The molecule has 4 rings (SSSR count). The number of para-hydroxylation sites is 2. The molecule has 1 aliphatic rings. The number of aromatic nitrogens is 1. The maximum Gasteiger partial charge on any atom is 0.242 e. The highest BCUT2D eigenvalue weighted by Crippen LogP contribution is 2.28. The monoisotopic (exact) mass is 349 g/mol. The van der Waals surface area contributed by atoms with Crippen LogP contribution < -0.4 is 10.6 Å². The highest BCUT2D eigenvalue weighted by molar-refractivity contribution is 6.08. The first-order valence-corrected chi connectivity index (χ1v) is 9.18. The average molecular weight is 349 g/mol. The number of fused-ring (bicyclic) bond motifs is 3. The second kappa shape index (κ2) is 6.83. The fourth-order valence-corrected chi connectivity index (χ4v) is 3.87. The molecule has 2 heterocycles. The Kier molecular flexibility index (Phi) is 4.37. The lowest BCUT2D eigenvalue weighted by molar-refractivity contribution is -0.131. The summed E-state index contributed by atoms with van der Waals surface area (Å²) in [7, 11) is 0. The van der Waals surface area contributed by atoms with Crippen LogP contribution in [-0.2, 0) is 16.1 Å². The molecule has 2 unspecified atom stereocenters. The maximum absolute atomic E-state index is 12.5. The van der Waals surface area contributed by atoms with Gasteiger partial charge in [0.2, 0.25) is 11.8 Å². The molecule has 1 aromatic heterocycles. The van der Waals surface area contributed by atoms with Gasteiger partial charge >= 0.3 is 0 Å². The Morgan fingerprint density at radius 1 is 1.12 bits per heavy atom. The third-order valence-electron chi connectivity index (χ3n) is 5.31. The minimum Gasteiger partial charge on any atom is -0.354 e. The van der Waals surface area contributed by atoms with Crippen LogP contribution in [0, 0.1) is 5.92 Å². The first kappa shape index (κ1) is 16.6. The summed E-state index contributed by atoms with van der Waals surface area (Å²) in [5.41, 5.74) is 2.26.